The highest BCUT2D eigenvalue weighted by atomic mass is 32.2. The number of anilines is 1. The Hall–Kier alpha value is -2.18. The molecule has 3 rings (SSSR count). The fourth-order valence-electron chi connectivity index (χ4n) is 3.09. The zero-order chi connectivity index (χ0) is 18.9. The first kappa shape index (κ1) is 18.6. The van der Waals surface area contributed by atoms with Crippen LogP contribution < -0.4 is 5.32 Å². The summed E-state index contributed by atoms with van der Waals surface area (Å²) in [5.41, 5.74) is 3.68. The standard InChI is InChI=1S/C20H24N2O3S/c1-14(2)22(3)26(24,25)19-9-5-8-17(13-19)20(23)21-18-11-10-15-6-4-7-16(15)12-18/h5,8-14H,4,6-7H2,1-3H3,(H,21,23). The van der Waals surface area contributed by atoms with E-state index in [9.17, 15) is 13.2 Å². The van der Waals surface area contributed by atoms with Crippen molar-refractivity contribution in [1.82, 2.24) is 4.31 Å². The van der Waals surface area contributed by atoms with E-state index < -0.39 is 10.0 Å². The molecule has 5 nitrogen and oxygen atoms in total. The van der Waals surface area contributed by atoms with Crippen LogP contribution in [0.4, 0.5) is 5.69 Å². The van der Waals surface area contributed by atoms with Crippen molar-refractivity contribution in [2.24, 2.45) is 0 Å². The van der Waals surface area contributed by atoms with E-state index in [0.717, 1.165) is 24.9 Å². The predicted molar refractivity (Wildman–Crippen MR) is 103 cm³/mol. The minimum atomic E-state index is -3.62. The molecular weight excluding hydrogens is 348 g/mol. The quantitative estimate of drug-likeness (QED) is 0.874. The number of carbonyl (C=O) groups excluding carboxylic acids is 1. The van der Waals surface area contributed by atoms with Gasteiger partial charge in [-0.05, 0) is 74.6 Å². The highest BCUT2D eigenvalue weighted by Crippen LogP contribution is 2.25. The molecule has 2 aromatic rings. The van der Waals surface area contributed by atoms with Crippen molar-refractivity contribution in [1.29, 1.82) is 0 Å². The Kier molecular flexibility index (Phi) is 5.16. The molecule has 0 unspecified atom stereocenters. The van der Waals surface area contributed by atoms with E-state index in [1.165, 1.54) is 34.6 Å². The summed E-state index contributed by atoms with van der Waals surface area (Å²) in [6, 6.07) is 12.0. The molecule has 0 radical (unpaired) electrons. The summed E-state index contributed by atoms with van der Waals surface area (Å²) in [4.78, 5) is 12.7. The average molecular weight is 372 g/mol. The van der Waals surface area contributed by atoms with Crippen LogP contribution in [0.2, 0.25) is 0 Å². The van der Waals surface area contributed by atoms with Crippen molar-refractivity contribution in [3.8, 4) is 0 Å². The summed E-state index contributed by atoms with van der Waals surface area (Å²) < 4.78 is 26.6. The molecule has 0 saturated heterocycles. The van der Waals surface area contributed by atoms with E-state index in [0.29, 0.717) is 5.56 Å². The van der Waals surface area contributed by atoms with Gasteiger partial charge in [0.1, 0.15) is 0 Å². The molecule has 0 atom stereocenters. The van der Waals surface area contributed by atoms with Gasteiger partial charge in [0.25, 0.3) is 5.91 Å². The van der Waals surface area contributed by atoms with E-state index in [2.05, 4.69) is 11.4 Å². The van der Waals surface area contributed by atoms with Crippen LogP contribution in [0.15, 0.2) is 47.4 Å². The maximum Gasteiger partial charge on any atom is 0.255 e. The fraction of sp³-hybridized carbons (Fsp3) is 0.350. The molecular formula is C20H24N2O3S. The normalized spacial score (nSPS) is 13.9. The first-order valence-electron chi connectivity index (χ1n) is 8.80. The lowest BCUT2D eigenvalue weighted by Gasteiger charge is -2.21. The molecule has 6 heteroatoms. The van der Waals surface area contributed by atoms with E-state index in [1.807, 2.05) is 26.0 Å². The summed E-state index contributed by atoms with van der Waals surface area (Å²) in [6.45, 7) is 3.61. The highest BCUT2D eigenvalue weighted by Gasteiger charge is 2.24. The Morgan fingerprint density at radius 2 is 1.81 bits per heavy atom. The molecule has 1 aliphatic carbocycles. The number of fused-ring (bicyclic) bond motifs is 1. The topological polar surface area (TPSA) is 66.5 Å². The van der Waals surface area contributed by atoms with Crippen LogP contribution in [0.5, 0.6) is 0 Å². The molecule has 0 aliphatic heterocycles. The Morgan fingerprint density at radius 3 is 2.54 bits per heavy atom. The third-order valence-corrected chi connectivity index (χ3v) is 6.89. The Morgan fingerprint density at radius 1 is 1.08 bits per heavy atom. The minimum absolute atomic E-state index is 0.121. The number of benzene rings is 2. The molecule has 2 aromatic carbocycles. The zero-order valence-electron chi connectivity index (χ0n) is 15.3. The lowest BCUT2D eigenvalue weighted by atomic mass is 10.1. The maximum absolute atomic E-state index is 12.6. The smallest absolute Gasteiger partial charge is 0.255 e. The molecule has 1 N–H and O–H groups in total. The Balaban J connectivity index is 1.83. The van der Waals surface area contributed by atoms with Gasteiger partial charge in [0.15, 0.2) is 0 Å². The second-order valence-corrected chi connectivity index (χ2v) is 8.93. The van der Waals surface area contributed by atoms with Gasteiger partial charge in [-0.1, -0.05) is 12.1 Å². The highest BCUT2D eigenvalue weighted by molar-refractivity contribution is 7.89. The summed E-state index contributed by atoms with van der Waals surface area (Å²) in [5, 5.41) is 2.87. The molecule has 0 bridgehead atoms. The van der Waals surface area contributed by atoms with Gasteiger partial charge < -0.3 is 5.32 Å². The number of hydrogen-bond acceptors (Lipinski definition) is 3. The van der Waals surface area contributed by atoms with E-state index in [4.69, 9.17) is 0 Å². The van der Waals surface area contributed by atoms with Crippen LogP contribution in [0.1, 0.15) is 41.8 Å². The number of amides is 1. The summed E-state index contributed by atoms with van der Waals surface area (Å²) in [7, 11) is -2.08. The van der Waals surface area contributed by atoms with E-state index >= 15 is 0 Å². The van der Waals surface area contributed by atoms with Crippen molar-refractivity contribution in [2.45, 2.75) is 44.0 Å². The third kappa shape index (κ3) is 3.66. The molecule has 0 fully saturated rings. The molecule has 0 heterocycles. The molecule has 1 aliphatic rings. The van der Waals surface area contributed by atoms with Gasteiger partial charge in [0.05, 0.1) is 4.90 Å². The second-order valence-electron chi connectivity index (χ2n) is 6.93. The Bertz CT molecular complexity index is 936. The monoisotopic (exact) mass is 372 g/mol. The van der Waals surface area contributed by atoms with Crippen LogP contribution in [-0.2, 0) is 22.9 Å². The number of carbonyl (C=O) groups is 1. The van der Waals surface area contributed by atoms with Crippen LogP contribution in [0.25, 0.3) is 0 Å². The number of hydrogen-bond donors (Lipinski definition) is 1. The largest absolute Gasteiger partial charge is 0.322 e. The van der Waals surface area contributed by atoms with E-state index in [1.54, 1.807) is 12.1 Å². The molecule has 26 heavy (non-hydrogen) atoms. The van der Waals surface area contributed by atoms with Crippen molar-refractivity contribution in [3.05, 3.63) is 59.2 Å². The van der Waals surface area contributed by atoms with Crippen molar-refractivity contribution >= 4 is 21.6 Å². The molecule has 0 spiro atoms. The van der Waals surface area contributed by atoms with Crippen molar-refractivity contribution < 1.29 is 13.2 Å². The number of nitrogens with one attached hydrogen (secondary N) is 1. The van der Waals surface area contributed by atoms with Crippen LogP contribution >= 0.6 is 0 Å². The lowest BCUT2D eigenvalue weighted by Crippen LogP contribution is -2.33. The molecule has 1 amide bonds. The van der Waals surface area contributed by atoms with Gasteiger partial charge in [-0.25, -0.2) is 8.42 Å². The number of nitrogens with zero attached hydrogens (tertiary/aromatic N) is 1. The Labute approximate surface area is 155 Å². The first-order chi connectivity index (χ1) is 12.3. The lowest BCUT2D eigenvalue weighted by molar-refractivity contribution is 0.102. The van der Waals surface area contributed by atoms with Gasteiger partial charge in [-0.15, -0.1) is 0 Å². The van der Waals surface area contributed by atoms with Crippen LogP contribution in [0.3, 0.4) is 0 Å². The van der Waals surface area contributed by atoms with Gasteiger partial charge in [-0.3, -0.25) is 4.79 Å². The summed E-state index contributed by atoms with van der Waals surface area (Å²) in [5.74, 6) is -0.313. The van der Waals surface area contributed by atoms with Crippen LogP contribution in [0, 0.1) is 0 Å². The zero-order valence-corrected chi connectivity index (χ0v) is 16.1. The van der Waals surface area contributed by atoms with Gasteiger partial charge >= 0.3 is 0 Å². The first-order valence-corrected chi connectivity index (χ1v) is 10.2. The minimum Gasteiger partial charge on any atom is -0.322 e. The van der Waals surface area contributed by atoms with Gasteiger partial charge in [0, 0.05) is 24.3 Å². The molecule has 138 valence electrons. The van der Waals surface area contributed by atoms with Crippen molar-refractivity contribution in [2.75, 3.05) is 12.4 Å². The number of rotatable bonds is 5. The number of aryl methyl sites for hydroxylation is 2. The maximum atomic E-state index is 12.6. The molecule has 0 saturated carbocycles. The van der Waals surface area contributed by atoms with Crippen LogP contribution in [-0.4, -0.2) is 31.7 Å². The van der Waals surface area contributed by atoms with Gasteiger partial charge in [-0.2, -0.15) is 4.31 Å². The summed E-state index contributed by atoms with van der Waals surface area (Å²) in [6.07, 6.45) is 3.27. The average Bonchev–Trinajstić information content (AvgIpc) is 3.08. The van der Waals surface area contributed by atoms with Crippen molar-refractivity contribution in [3.63, 3.8) is 0 Å². The SMILES string of the molecule is CC(C)N(C)S(=O)(=O)c1cccc(C(=O)Nc2ccc3c(c2)CCC3)c1. The van der Waals surface area contributed by atoms with Gasteiger partial charge in [0.2, 0.25) is 10.0 Å². The number of sulfonamides is 1. The predicted octanol–water partition coefficient (Wildman–Crippen LogP) is 3.46. The molecule has 0 aromatic heterocycles. The summed E-state index contributed by atoms with van der Waals surface area (Å²) >= 11 is 0. The second kappa shape index (κ2) is 7.21. The van der Waals surface area contributed by atoms with E-state index in [-0.39, 0.29) is 16.8 Å². The third-order valence-electron chi connectivity index (χ3n) is 4.86. The fourth-order valence-corrected chi connectivity index (χ4v) is 4.51.